The SMILES string of the molecule is NC(=O)CCCNc1ccc(I)cc1N. The van der Waals surface area contributed by atoms with Crippen molar-refractivity contribution in [3.05, 3.63) is 21.8 Å². The predicted octanol–water partition coefficient (Wildman–Crippen LogP) is 1.55. The van der Waals surface area contributed by atoms with E-state index < -0.39 is 0 Å². The lowest BCUT2D eigenvalue weighted by atomic mass is 10.2. The van der Waals surface area contributed by atoms with Gasteiger partial charge in [-0.25, -0.2) is 0 Å². The molecular formula is C10H14IN3O. The number of carbonyl (C=O) groups is 1. The second kappa shape index (κ2) is 5.79. The largest absolute Gasteiger partial charge is 0.397 e. The quantitative estimate of drug-likeness (QED) is 0.438. The average Bonchev–Trinajstić information content (AvgIpc) is 2.14. The molecule has 0 saturated carbocycles. The van der Waals surface area contributed by atoms with E-state index in [0.717, 1.165) is 21.4 Å². The Bertz CT molecular complexity index is 355. The minimum absolute atomic E-state index is 0.271. The van der Waals surface area contributed by atoms with E-state index in [-0.39, 0.29) is 5.91 Å². The van der Waals surface area contributed by atoms with Crippen LogP contribution in [-0.2, 0) is 4.79 Å². The van der Waals surface area contributed by atoms with E-state index in [9.17, 15) is 4.79 Å². The fourth-order valence-electron chi connectivity index (χ4n) is 1.18. The summed E-state index contributed by atoms with van der Waals surface area (Å²) in [5.74, 6) is -0.271. The number of nitrogens with one attached hydrogen (secondary N) is 1. The van der Waals surface area contributed by atoms with Crippen LogP contribution >= 0.6 is 22.6 Å². The molecule has 1 amide bonds. The summed E-state index contributed by atoms with van der Waals surface area (Å²) in [7, 11) is 0. The van der Waals surface area contributed by atoms with Gasteiger partial charge in [-0.2, -0.15) is 0 Å². The molecule has 15 heavy (non-hydrogen) atoms. The van der Waals surface area contributed by atoms with Crippen molar-refractivity contribution in [3.8, 4) is 0 Å². The van der Waals surface area contributed by atoms with Crippen molar-refractivity contribution < 1.29 is 4.79 Å². The van der Waals surface area contributed by atoms with Crippen molar-refractivity contribution >= 4 is 39.9 Å². The number of carbonyl (C=O) groups excluding carboxylic acids is 1. The van der Waals surface area contributed by atoms with Gasteiger partial charge in [0.1, 0.15) is 0 Å². The maximum absolute atomic E-state index is 10.5. The summed E-state index contributed by atoms with van der Waals surface area (Å²) in [4.78, 5) is 10.5. The number of hydrogen-bond acceptors (Lipinski definition) is 3. The lowest BCUT2D eigenvalue weighted by Crippen LogP contribution is -2.13. The molecule has 0 radical (unpaired) electrons. The highest BCUT2D eigenvalue weighted by atomic mass is 127. The molecule has 0 atom stereocenters. The number of hydrogen-bond donors (Lipinski definition) is 3. The van der Waals surface area contributed by atoms with Crippen LogP contribution < -0.4 is 16.8 Å². The molecule has 4 nitrogen and oxygen atoms in total. The number of nitrogen functional groups attached to an aromatic ring is 1. The lowest BCUT2D eigenvalue weighted by Gasteiger charge is -2.08. The van der Waals surface area contributed by atoms with E-state index in [1.165, 1.54) is 0 Å². The minimum atomic E-state index is -0.271. The molecular weight excluding hydrogens is 305 g/mol. The maximum Gasteiger partial charge on any atom is 0.217 e. The molecule has 0 bridgehead atoms. The molecule has 1 aromatic carbocycles. The van der Waals surface area contributed by atoms with Crippen LogP contribution in [0, 0.1) is 3.57 Å². The van der Waals surface area contributed by atoms with Crippen LogP contribution in [0.4, 0.5) is 11.4 Å². The van der Waals surface area contributed by atoms with Gasteiger partial charge >= 0.3 is 0 Å². The molecule has 0 fully saturated rings. The van der Waals surface area contributed by atoms with Crippen LogP contribution in [0.3, 0.4) is 0 Å². The van der Waals surface area contributed by atoms with E-state index in [1.807, 2.05) is 18.2 Å². The van der Waals surface area contributed by atoms with E-state index in [4.69, 9.17) is 11.5 Å². The molecule has 0 spiro atoms. The van der Waals surface area contributed by atoms with Crippen LogP contribution in [0.5, 0.6) is 0 Å². The van der Waals surface area contributed by atoms with Gasteiger partial charge in [-0.05, 0) is 47.2 Å². The van der Waals surface area contributed by atoms with Crippen LogP contribution in [0.1, 0.15) is 12.8 Å². The van der Waals surface area contributed by atoms with Crippen molar-refractivity contribution in [3.63, 3.8) is 0 Å². The van der Waals surface area contributed by atoms with Crippen molar-refractivity contribution in [1.29, 1.82) is 0 Å². The number of anilines is 2. The molecule has 0 aromatic heterocycles. The summed E-state index contributed by atoms with van der Waals surface area (Å²) >= 11 is 2.21. The lowest BCUT2D eigenvalue weighted by molar-refractivity contribution is -0.118. The van der Waals surface area contributed by atoms with Gasteiger partial charge in [0.15, 0.2) is 0 Å². The Morgan fingerprint density at radius 1 is 1.47 bits per heavy atom. The fraction of sp³-hybridized carbons (Fsp3) is 0.300. The topological polar surface area (TPSA) is 81.1 Å². The van der Waals surface area contributed by atoms with Crippen LogP contribution in [-0.4, -0.2) is 12.5 Å². The summed E-state index contributed by atoms with van der Waals surface area (Å²) in [5, 5.41) is 3.16. The van der Waals surface area contributed by atoms with Crippen molar-refractivity contribution in [1.82, 2.24) is 0 Å². The van der Waals surface area contributed by atoms with Crippen LogP contribution in [0.15, 0.2) is 18.2 Å². The Labute approximate surface area is 103 Å². The van der Waals surface area contributed by atoms with Crippen molar-refractivity contribution in [2.75, 3.05) is 17.6 Å². The monoisotopic (exact) mass is 319 g/mol. The number of rotatable bonds is 5. The minimum Gasteiger partial charge on any atom is -0.397 e. The maximum atomic E-state index is 10.5. The second-order valence-electron chi connectivity index (χ2n) is 3.23. The van der Waals surface area contributed by atoms with Gasteiger partial charge in [0.25, 0.3) is 0 Å². The van der Waals surface area contributed by atoms with Gasteiger partial charge in [0.05, 0.1) is 11.4 Å². The number of halogens is 1. The Morgan fingerprint density at radius 2 is 2.20 bits per heavy atom. The average molecular weight is 319 g/mol. The Hall–Kier alpha value is -0.980. The summed E-state index contributed by atoms with van der Waals surface area (Å²) in [6.45, 7) is 0.702. The summed E-state index contributed by atoms with van der Waals surface area (Å²) in [6, 6.07) is 5.81. The second-order valence-corrected chi connectivity index (χ2v) is 4.47. The summed E-state index contributed by atoms with van der Waals surface area (Å²) < 4.78 is 1.10. The van der Waals surface area contributed by atoms with Gasteiger partial charge in [-0.1, -0.05) is 0 Å². The summed E-state index contributed by atoms with van der Waals surface area (Å²) in [6.07, 6.45) is 1.12. The number of benzene rings is 1. The summed E-state index contributed by atoms with van der Waals surface area (Å²) in [5.41, 5.74) is 12.5. The van der Waals surface area contributed by atoms with E-state index in [0.29, 0.717) is 13.0 Å². The molecule has 0 heterocycles. The smallest absolute Gasteiger partial charge is 0.217 e. The molecule has 5 heteroatoms. The first-order valence-corrected chi connectivity index (χ1v) is 5.74. The molecule has 5 N–H and O–H groups in total. The highest BCUT2D eigenvalue weighted by molar-refractivity contribution is 14.1. The highest BCUT2D eigenvalue weighted by Crippen LogP contribution is 2.20. The van der Waals surface area contributed by atoms with Gasteiger partial charge < -0.3 is 16.8 Å². The number of amides is 1. The Kier molecular flexibility index (Phi) is 4.67. The molecule has 0 unspecified atom stereocenters. The molecule has 0 saturated heterocycles. The van der Waals surface area contributed by atoms with Gasteiger partial charge in [-0.15, -0.1) is 0 Å². The van der Waals surface area contributed by atoms with E-state index in [1.54, 1.807) is 0 Å². The van der Waals surface area contributed by atoms with E-state index >= 15 is 0 Å². The number of nitrogens with two attached hydrogens (primary N) is 2. The van der Waals surface area contributed by atoms with Gasteiger partial charge in [0, 0.05) is 16.5 Å². The third-order valence-electron chi connectivity index (χ3n) is 1.93. The van der Waals surface area contributed by atoms with Crippen molar-refractivity contribution in [2.24, 2.45) is 5.73 Å². The zero-order valence-corrected chi connectivity index (χ0v) is 10.5. The molecule has 0 aliphatic rings. The van der Waals surface area contributed by atoms with Crippen LogP contribution in [0.25, 0.3) is 0 Å². The zero-order chi connectivity index (χ0) is 11.3. The van der Waals surface area contributed by atoms with Crippen LogP contribution in [0.2, 0.25) is 0 Å². The standard InChI is InChI=1S/C10H14IN3O/c11-7-3-4-9(8(12)6-7)14-5-1-2-10(13)15/h3-4,6,14H,1-2,5,12H2,(H2,13,15). The first-order chi connectivity index (χ1) is 7.09. The zero-order valence-electron chi connectivity index (χ0n) is 8.29. The first-order valence-electron chi connectivity index (χ1n) is 4.67. The Balaban J connectivity index is 2.40. The molecule has 0 aliphatic carbocycles. The molecule has 1 aromatic rings. The van der Waals surface area contributed by atoms with Gasteiger partial charge in [0.2, 0.25) is 5.91 Å². The number of primary amides is 1. The molecule has 1 rings (SSSR count). The fourth-order valence-corrected chi connectivity index (χ4v) is 1.70. The predicted molar refractivity (Wildman–Crippen MR) is 70.5 cm³/mol. The van der Waals surface area contributed by atoms with E-state index in [2.05, 4.69) is 27.9 Å². The highest BCUT2D eigenvalue weighted by Gasteiger charge is 1.99. The molecule has 82 valence electrons. The van der Waals surface area contributed by atoms with Gasteiger partial charge in [-0.3, -0.25) is 4.79 Å². The van der Waals surface area contributed by atoms with Crippen molar-refractivity contribution in [2.45, 2.75) is 12.8 Å². The molecule has 0 aliphatic heterocycles. The first kappa shape index (κ1) is 12.1. The normalized spacial score (nSPS) is 9.93. The Morgan fingerprint density at radius 3 is 2.80 bits per heavy atom. The third kappa shape index (κ3) is 4.37. The third-order valence-corrected chi connectivity index (χ3v) is 2.60.